The summed E-state index contributed by atoms with van der Waals surface area (Å²) in [6.07, 6.45) is 0.364. The van der Waals surface area contributed by atoms with Gasteiger partial charge in [0.1, 0.15) is 0 Å². The second-order valence-corrected chi connectivity index (χ2v) is 8.07. The second-order valence-electron chi connectivity index (χ2n) is 8.07. The van der Waals surface area contributed by atoms with Crippen LogP contribution in [-0.2, 0) is 38.0 Å². The SMILES string of the molecule is CC1(C(=O)O)OCC(OC(=O)NCCCCCCNC(=O)OC2COC(C)(C(=O)O)OC2)CO1. The fraction of sp³-hybridized carbons (Fsp3) is 0.800. The minimum Gasteiger partial charge on any atom is -0.477 e. The highest BCUT2D eigenvalue weighted by atomic mass is 16.7. The van der Waals surface area contributed by atoms with E-state index in [4.69, 9.17) is 38.6 Å². The van der Waals surface area contributed by atoms with E-state index in [0.717, 1.165) is 12.8 Å². The first kappa shape index (κ1) is 27.6. The zero-order valence-electron chi connectivity index (χ0n) is 19.2. The lowest BCUT2D eigenvalue weighted by atomic mass is 10.2. The summed E-state index contributed by atoms with van der Waals surface area (Å²) in [4.78, 5) is 45.6. The number of rotatable bonds is 11. The van der Waals surface area contributed by atoms with Crippen LogP contribution in [-0.4, -0.2) is 97.6 Å². The summed E-state index contributed by atoms with van der Waals surface area (Å²) < 4.78 is 30.6. The van der Waals surface area contributed by atoms with Crippen molar-refractivity contribution in [1.82, 2.24) is 10.6 Å². The molecule has 14 nitrogen and oxygen atoms in total. The van der Waals surface area contributed by atoms with Gasteiger partial charge in [0.25, 0.3) is 11.6 Å². The lowest BCUT2D eigenvalue weighted by Gasteiger charge is -2.33. The van der Waals surface area contributed by atoms with Gasteiger partial charge in [-0.2, -0.15) is 0 Å². The monoisotopic (exact) mass is 492 g/mol. The molecule has 0 radical (unpaired) electrons. The Labute approximate surface area is 196 Å². The molecule has 0 aromatic rings. The highest BCUT2D eigenvalue weighted by Crippen LogP contribution is 2.21. The van der Waals surface area contributed by atoms with Gasteiger partial charge < -0.3 is 49.3 Å². The van der Waals surface area contributed by atoms with E-state index in [0.29, 0.717) is 25.9 Å². The molecular weight excluding hydrogens is 460 g/mol. The van der Waals surface area contributed by atoms with Crippen LogP contribution in [0.5, 0.6) is 0 Å². The van der Waals surface area contributed by atoms with Crippen molar-refractivity contribution in [1.29, 1.82) is 0 Å². The largest absolute Gasteiger partial charge is 0.477 e. The third-order valence-electron chi connectivity index (χ3n) is 5.15. The van der Waals surface area contributed by atoms with Crippen molar-refractivity contribution in [2.45, 2.75) is 63.3 Å². The number of hydrogen-bond acceptors (Lipinski definition) is 10. The van der Waals surface area contributed by atoms with Gasteiger partial charge in [0.15, 0.2) is 12.2 Å². The molecule has 34 heavy (non-hydrogen) atoms. The molecule has 2 amide bonds. The van der Waals surface area contributed by atoms with Crippen molar-refractivity contribution in [2.24, 2.45) is 0 Å². The minimum absolute atomic E-state index is 0.0752. The first-order valence-electron chi connectivity index (χ1n) is 11.0. The molecular formula is C20H32N2O12. The van der Waals surface area contributed by atoms with Crippen LogP contribution in [0.1, 0.15) is 39.5 Å². The van der Waals surface area contributed by atoms with Crippen LogP contribution in [0.2, 0.25) is 0 Å². The molecule has 2 saturated heterocycles. The molecule has 2 heterocycles. The van der Waals surface area contributed by atoms with Gasteiger partial charge in [-0.1, -0.05) is 12.8 Å². The summed E-state index contributed by atoms with van der Waals surface area (Å²) in [5.74, 6) is -5.96. The molecule has 2 fully saturated rings. The quantitative estimate of drug-likeness (QED) is 0.292. The normalized spacial score (nSPS) is 29.0. The Bertz CT molecular complexity index is 654. The van der Waals surface area contributed by atoms with E-state index < -0.39 is 47.9 Å². The Hall–Kier alpha value is -2.68. The summed E-state index contributed by atoms with van der Waals surface area (Å²) in [5.41, 5.74) is 0. The van der Waals surface area contributed by atoms with Crippen LogP contribution >= 0.6 is 0 Å². The number of alkyl carbamates (subject to hydrolysis) is 2. The van der Waals surface area contributed by atoms with Gasteiger partial charge in [-0.15, -0.1) is 0 Å². The van der Waals surface area contributed by atoms with Crippen LogP contribution in [0, 0.1) is 0 Å². The van der Waals surface area contributed by atoms with Gasteiger partial charge in [-0.05, 0) is 12.8 Å². The van der Waals surface area contributed by atoms with Crippen LogP contribution < -0.4 is 10.6 Å². The van der Waals surface area contributed by atoms with Crippen LogP contribution in [0.25, 0.3) is 0 Å². The maximum Gasteiger partial charge on any atom is 0.407 e. The van der Waals surface area contributed by atoms with E-state index in [1.54, 1.807) is 0 Å². The molecule has 0 unspecified atom stereocenters. The van der Waals surface area contributed by atoms with E-state index in [1.807, 2.05) is 0 Å². The third kappa shape index (κ3) is 8.59. The Balaban J connectivity index is 1.43. The number of amides is 2. The molecule has 0 saturated carbocycles. The molecule has 0 bridgehead atoms. The van der Waals surface area contributed by atoms with Crippen molar-refractivity contribution in [3.05, 3.63) is 0 Å². The second kappa shape index (κ2) is 12.7. The molecule has 0 aromatic carbocycles. The summed E-state index contributed by atoms with van der Waals surface area (Å²) >= 11 is 0. The lowest BCUT2D eigenvalue weighted by molar-refractivity contribution is -0.278. The number of carboxylic acid groups (broad SMARTS) is 2. The van der Waals surface area contributed by atoms with Crippen LogP contribution in [0.4, 0.5) is 9.59 Å². The molecule has 4 N–H and O–H groups in total. The molecule has 0 aromatic heterocycles. The average molecular weight is 492 g/mol. The van der Waals surface area contributed by atoms with Gasteiger partial charge in [0.05, 0.1) is 26.4 Å². The summed E-state index contributed by atoms with van der Waals surface area (Å²) in [6, 6.07) is 0. The van der Waals surface area contributed by atoms with Crippen molar-refractivity contribution >= 4 is 24.1 Å². The Morgan fingerprint density at radius 2 is 1.03 bits per heavy atom. The molecule has 0 aliphatic carbocycles. The van der Waals surface area contributed by atoms with E-state index >= 15 is 0 Å². The number of ether oxygens (including phenoxy) is 6. The topological polar surface area (TPSA) is 188 Å². The molecule has 2 rings (SSSR count). The molecule has 2 aliphatic rings. The third-order valence-corrected chi connectivity index (χ3v) is 5.15. The van der Waals surface area contributed by atoms with Gasteiger partial charge in [-0.25, -0.2) is 19.2 Å². The van der Waals surface area contributed by atoms with Gasteiger partial charge in [0, 0.05) is 26.9 Å². The average Bonchev–Trinajstić information content (AvgIpc) is 2.78. The molecule has 0 atom stereocenters. The van der Waals surface area contributed by atoms with Crippen molar-refractivity contribution < 1.29 is 57.8 Å². The lowest BCUT2D eigenvalue weighted by Crippen LogP contribution is -2.51. The predicted molar refractivity (Wildman–Crippen MR) is 111 cm³/mol. The number of carboxylic acids is 2. The number of nitrogens with one attached hydrogen (secondary N) is 2. The first-order valence-corrected chi connectivity index (χ1v) is 11.0. The minimum atomic E-state index is -1.73. The maximum atomic E-state index is 11.8. The highest BCUT2D eigenvalue weighted by Gasteiger charge is 2.42. The van der Waals surface area contributed by atoms with Gasteiger partial charge >= 0.3 is 24.1 Å². The summed E-state index contributed by atoms with van der Waals surface area (Å²) in [5, 5.41) is 23.2. The van der Waals surface area contributed by atoms with Gasteiger partial charge in [0.2, 0.25) is 0 Å². The fourth-order valence-electron chi connectivity index (χ4n) is 2.94. The number of carbonyl (C=O) groups excluding carboxylic acids is 2. The van der Waals surface area contributed by atoms with Crippen molar-refractivity contribution in [3.8, 4) is 0 Å². The van der Waals surface area contributed by atoms with E-state index in [-0.39, 0.29) is 26.4 Å². The van der Waals surface area contributed by atoms with E-state index in [1.165, 1.54) is 13.8 Å². The van der Waals surface area contributed by atoms with Crippen LogP contribution in [0.15, 0.2) is 0 Å². The Kier molecular flexibility index (Phi) is 10.3. The molecule has 14 heteroatoms. The van der Waals surface area contributed by atoms with Crippen molar-refractivity contribution in [2.75, 3.05) is 39.5 Å². The molecule has 0 spiro atoms. The maximum absolute atomic E-state index is 11.8. The zero-order chi connectivity index (χ0) is 25.2. The standard InChI is InChI=1S/C20H32N2O12/c1-19(15(23)24)29-9-13(10-30-19)33-17(27)21-7-5-3-4-6-8-22-18(28)34-14-11-31-20(2,16(25)26)32-12-14/h13-14H,3-12H2,1-2H3,(H,21,27)(H,22,28)(H,23,24)(H,25,26). The first-order chi connectivity index (χ1) is 16.0. The highest BCUT2D eigenvalue weighted by molar-refractivity contribution is 5.75. The number of hydrogen-bond donors (Lipinski definition) is 4. The molecule has 194 valence electrons. The number of aliphatic carboxylic acids is 2. The Morgan fingerprint density at radius 3 is 1.32 bits per heavy atom. The Morgan fingerprint density at radius 1 is 0.706 bits per heavy atom. The van der Waals surface area contributed by atoms with E-state index in [2.05, 4.69) is 10.6 Å². The molecule has 2 aliphatic heterocycles. The van der Waals surface area contributed by atoms with Gasteiger partial charge in [-0.3, -0.25) is 0 Å². The fourth-order valence-corrected chi connectivity index (χ4v) is 2.94. The predicted octanol–water partition coefficient (Wildman–Crippen LogP) is 0.432. The smallest absolute Gasteiger partial charge is 0.407 e. The van der Waals surface area contributed by atoms with Crippen molar-refractivity contribution in [3.63, 3.8) is 0 Å². The number of carbonyl (C=O) groups is 4. The summed E-state index contributed by atoms with van der Waals surface area (Å²) in [7, 11) is 0. The summed E-state index contributed by atoms with van der Waals surface area (Å²) in [6.45, 7) is 3.05. The zero-order valence-corrected chi connectivity index (χ0v) is 19.2. The number of unbranched alkanes of at least 4 members (excludes halogenated alkanes) is 3. The van der Waals surface area contributed by atoms with Crippen LogP contribution in [0.3, 0.4) is 0 Å². The van der Waals surface area contributed by atoms with E-state index in [9.17, 15) is 19.2 Å².